The standard InChI is InChI=1S/C22H20N2O4/c1-28-12-11-23-22(27)16-6-4-5-15(13-16)9-10-20(25)18-14-24-19-8-3-2-7-17(19)21(18)26/h2-10,13-14H,11-12H2,1H3,(H,23,27)(H,24,26)/b10-9+. The molecular formula is C22H20N2O4. The molecule has 0 atom stereocenters. The van der Waals surface area contributed by atoms with Crippen molar-refractivity contribution >= 4 is 28.7 Å². The van der Waals surface area contributed by atoms with Gasteiger partial charge in [-0.1, -0.05) is 30.3 Å². The van der Waals surface area contributed by atoms with Crippen molar-refractivity contribution in [2.45, 2.75) is 0 Å². The number of carbonyl (C=O) groups is 2. The Morgan fingerprint density at radius 3 is 2.79 bits per heavy atom. The number of para-hydroxylation sites is 1. The number of nitrogens with one attached hydrogen (secondary N) is 2. The smallest absolute Gasteiger partial charge is 0.251 e. The van der Waals surface area contributed by atoms with Gasteiger partial charge in [0.15, 0.2) is 5.78 Å². The van der Waals surface area contributed by atoms with Crippen LogP contribution in [0.4, 0.5) is 0 Å². The SMILES string of the molecule is COCCNC(=O)c1cccc(/C=C/C(=O)c2c[nH]c3ccccc3c2=O)c1. The first-order valence-electron chi connectivity index (χ1n) is 8.80. The maximum Gasteiger partial charge on any atom is 0.251 e. The van der Waals surface area contributed by atoms with Gasteiger partial charge in [-0.2, -0.15) is 0 Å². The second-order valence-electron chi connectivity index (χ2n) is 6.15. The molecule has 6 nitrogen and oxygen atoms in total. The van der Waals surface area contributed by atoms with Crippen molar-refractivity contribution in [3.8, 4) is 0 Å². The first-order chi connectivity index (χ1) is 13.6. The van der Waals surface area contributed by atoms with Gasteiger partial charge in [-0.3, -0.25) is 14.4 Å². The summed E-state index contributed by atoms with van der Waals surface area (Å²) in [6, 6.07) is 13.9. The Morgan fingerprint density at radius 1 is 1.14 bits per heavy atom. The molecule has 6 heteroatoms. The van der Waals surface area contributed by atoms with E-state index in [0.717, 1.165) is 0 Å². The van der Waals surface area contributed by atoms with Crippen molar-refractivity contribution < 1.29 is 14.3 Å². The molecule has 2 aromatic carbocycles. The molecule has 0 aliphatic carbocycles. The van der Waals surface area contributed by atoms with Gasteiger partial charge in [0, 0.05) is 36.3 Å². The Balaban J connectivity index is 1.78. The summed E-state index contributed by atoms with van der Waals surface area (Å²) in [5.74, 6) is -0.619. The fraction of sp³-hybridized carbons (Fsp3) is 0.136. The highest BCUT2D eigenvalue weighted by atomic mass is 16.5. The summed E-state index contributed by atoms with van der Waals surface area (Å²) in [6.07, 6.45) is 4.35. The second-order valence-corrected chi connectivity index (χ2v) is 6.15. The van der Waals surface area contributed by atoms with E-state index in [-0.39, 0.29) is 16.9 Å². The lowest BCUT2D eigenvalue weighted by atomic mass is 10.1. The Kier molecular flexibility index (Phi) is 6.14. The number of rotatable bonds is 7. The average molecular weight is 376 g/mol. The molecule has 0 radical (unpaired) electrons. The maximum atomic E-state index is 12.5. The number of fused-ring (bicyclic) bond motifs is 1. The van der Waals surface area contributed by atoms with Gasteiger partial charge < -0.3 is 15.0 Å². The number of aromatic nitrogens is 1. The van der Waals surface area contributed by atoms with Gasteiger partial charge in [0.2, 0.25) is 5.43 Å². The van der Waals surface area contributed by atoms with Gasteiger partial charge in [-0.05, 0) is 35.9 Å². The largest absolute Gasteiger partial charge is 0.383 e. The number of hydrogen-bond donors (Lipinski definition) is 2. The highest BCUT2D eigenvalue weighted by Gasteiger charge is 2.10. The van der Waals surface area contributed by atoms with Crippen molar-refractivity contribution in [2.75, 3.05) is 20.3 Å². The monoisotopic (exact) mass is 376 g/mol. The van der Waals surface area contributed by atoms with Gasteiger partial charge in [-0.25, -0.2) is 0 Å². The summed E-state index contributed by atoms with van der Waals surface area (Å²) < 4.78 is 4.90. The lowest BCUT2D eigenvalue weighted by molar-refractivity contribution is 0.0936. The van der Waals surface area contributed by atoms with Crippen molar-refractivity contribution in [1.29, 1.82) is 0 Å². The van der Waals surface area contributed by atoms with E-state index in [4.69, 9.17) is 4.74 Å². The molecule has 0 fully saturated rings. The van der Waals surface area contributed by atoms with Crippen LogP contribution in [0.3, 0.4) is 0 Å². The van der Waals surface area contributed by atoms with E-state index in [0.29, 0.717) is 35.2 Å². The first-order valence-corrected chi connectivity index (χ1v) is 8.80. The fourth-order valence-electron chi connectivity index (χ4n) is 2.76. The van der Waals surface area contributed by atoms with E-state index < -0.39 is 5.78 Å². The Labute approximate surface area is 161 Å². The second kappa shape index (κ2) is 8.92. The average Bonchev–Trinajstić information content (AvgIpc) is 2.73. The molecule has 1 aromatic heterocycles. The van der Waals surface area contributed by atoms with Gasteiger partial charge in [-0.15, -0.1) is 0 Å². The first kappa shape index (κ1) is 19.3. The number of ether oxygens (including phenoxy) is 1. The number of allylic oxidation sites excluding steroid dienone is 1. The number of H-pyrrole nitrogens is 1. The van der Waals surface area contributed by atoms with Gasteiger partial charge in [0.1, 0.15) is 0 Å². The maximum absolute atomic E-state index is 12.5. The predicted molar refractivity (Wildman–Crippen MR) is 109 cm³/mol. The van der Waals surface area contributed by atoms with Crippen LogP contribution in [0, 0.1) is 0 Å². The Morgan fingerprint density at radius 2 is 1.96 bits per heavy atom. The summed E-state index contributed by atoms with van der Waals surface area (Å²) in [5.41, 5.74) is 1.61. The molecule has 0 aliphatic heterocycles. The number of methoxy groups -OCH3 is 1. The molecular weight excluding hydrogens is 356 g/mol. The third kappa shape index (κ3) is 4.42. The quantitative estimate of drug-likeness (QED) is 0.377. The molecule has 0 saturated heterocycles. The summed E-state index contributed by atoms with van der Waals surface area (Å²) in [5, 5.41) is 3.21. The van der Waals surface area contributed by atoms with E-state index >= 15 is 0 Å². The minimum absolute atomic E-state index is 0.0726. The molecule has 0 unspecified atom stereocenters. The third-order valence-corrected chi connectivity index (χ3v) is 4.22. The molecule has 0 saturated carbocycles. The lowest BCUT2D eigenvalue weighted by Crippen LogP contribution is -2.26. The van der Waals surface area contributed by atoms with Crippen molar-refractivity contribution in [3.05, 3.63) is 87.7 Å². The van der Waals surface area contributed by atoms with Crippen LogP contribution in [0.5, 0.6) is 0 Å². The van der Waals surface area contributed by atoms with Gasteiger partial charge >= 0.3 is 0 Å². The molecule has 3 aromatic rings. The van der Waals surface area contributed by atoms with E-state index in [1.165, 1.54) is 12.3 Å². The number of ketones is 1. The van der Waals surface area contributed by atoms with Crippen LogP contribution in [0.25, 0.3) is 17.0 Å². The van der Waals surface area contributed by atoms with Crippen molar-refractivity contribution in [2.24, 2.45) is 0 Å². The summed E-state index contributed by atoms with van der Waals surface area (Å²) >= 11 is 0. The van der Waals surface area contributed by atoms with Crippen LogP contribution >= 0.6 is 0 Å². The van der Waals surface area contributed by atoms with E-state index in [1.807, 2.05) is 6.07 Å². The van der Waals surface area contributed by atoms with E-state index in [9.17, 15) is 14.4 Å². The van der Waals surface area contributed by atoms with Crippen LogP contribution in [0.2, 0.25) is 0 Å². The third-order valence-electron chi connectivity index (χ3n) is 4.22. The Hall–Kier alpha value is -3.51. The van der Waals surface area contributed by atoms with Gasteiger partial charge in [0.25, 0.3) is 5.91 Å². The highest BCUT2D eigenvalue weighted by molar-refractivity contribution is 6.08. The van der Waals surface area contributed by atoms with Crippen LogP contribution in [-0.2, 0) is 4.74 Å². The summed E-state index contributed by atoms with van der Waals surface area (Å²) in [4.78, 5) is 40.1. The molecule has 3 rings (SSSR count). The van der Waals surface area contributed by atoms with E-state index in [2.05, 4.69) is 10.3 Å². The number of pyridine rings is 1. The van der Waals surface area contributed by atoms with E-state index in [1.54, 1.807) is 55.7 Å². The molecule has 28 heavy (non-hydrogen) atoms. The zero-order chi connectivity index (χ0) is 19.9. The van der Waals surface area contributed by atoms with Crippen LogP contribution in [0.1, 0.15) is 26.3 Å². The molecule has 2 N–H and O–H groups in total. The molecule has 0 aliphatic rings. The predicted octanol–water partition coefficient (Wildman–Crippen LogP) is 2.80. The van der Waals surface area contributed by atoms with Crippen molar-refractivity contribution in [1.82, 2.24) is 10.3 Å². The van der Waals surface area contributed by atoms with Gasteiger partial charge in [0.05, 0.1) is 12.2 Å². The fourth-order valence-corrected chi connectivity index (χ4v) is 2.76. The minimum Gasteiger partial charge on any atom is -0.383 e. The molecule has 1 heterocycles. The number of amides is 1. The lowest BCUT2D eigenvalue weighted by Gasteiger charge is -2.05. The molecule has 142 valence electrons. The zero-order valence-corrected chi connectivity index (χ0v) is 15.4. The normalized spacial score (nSPS) is 11.0. The van der Waals surface area contributed by atoms with Crippen LogP contribution in [0.15, 0.2) is 65.6 Å². The highest BCUT2D eigenvalue weighted by Crippen LogP contribution is 2.10. The zero-order valence-electron chi connectivity index (χ0n) is 15.4. The number of benzene rings is 2. The number of hydrogen-bond acceptors (Lipinski definition) is 4. The molecule has 0 spiro atoms. The van der Waals surface area contributed by atoms with Crippen molar-refractivity contribution in [3.63, 3.8) is 0 Å². The minimum atomic E-state index is -0.401. The van der Waals surface area contributed by atoms with Crippen LogP contribution in [-0.4, -0.2) is 36.9 Å². The number of carbonyl (C=O) groups excluding carboxylic acids is 2. The Bertz CT molecular complexity index is 1100. The number of aromatic amines is 1. The summed E-state index contributed by atoms with van der Waals surface area (Å²) in [7, 11) is 1.56. The molecule has 1 amide bonds. The van der Waals surface area contributed by atoms with Crippen LogP contribution < -0.4 is 10.7 Å². The molecule has 0 bridgehead atoms. The topological polar surface area (TPSA) is 88.3 Å². The summed E-state index contributed by atoms with van der Waals surface area (Å²) in [6.45, 7) is 0.846.